The SMILES string of the molecule is C=CC(=O)N1CC(Nc2ncc3ncnc(Nc4ccc(C(=O)NC)cc4)c3n2)C1. The quantitative estimate of drug-likeness (QED) is 0.526. The molecule has 3 heterocycles. The van der Waals surface area contributed by atoms with Crippen molar-refractivity contribution in [2.45, 2.75) is 6.04 Å². The van der Waals surface area contributed by atoms with Gasteiger partial charge in [0.05, 0.1) is 12.2 Å². The summed E-state index contributed by atoms with van der Waals surface area (Å²) in [5.41, 5.74) is 2.48. The van der Waals surface area contributed by atoms with E-state index in [1.165, 1.54) is 12.4 Å². The van der Waals surface area contributed by atoms with E-state index in [0.717, 1.165) is 5.69 Å². The number of carbonyl (C=O) groups is 2. The maximum atomic E-state index is 11.7. The number of fused-ring (bicyclic) bond motifs is 1. The standard InChI is InChI=1S/C20H20N8O2/c1-3-16(29)28-9-14(10-28)26-20-22-8-15-17(27-20)18(24-11-23-15)25-13-6-4-12(5-7-13)19(30)21-2/h3-8,11,14H,1,9-10H2,2H3,(H,21,30)(H,22,26,27)(H,23,24,25). The Morgan fingerprint density at radius 2 is 1.93 bits per heavy atom. The molecule has 3 aromatic rings. The van der Waals surface area contributed by atoms with Gasteiger partial charge in [-0.2, -0.15) is 0 Å². The minimum absolute atomic E-state index is 0.0737. The van der Waals surface area contributed by atoms with Gasteiger partial charge in [0.2, 0.25) is 11.9 Å². The predicted molar refractivity (Wildman–Crippen MR) is 112 cm³/mol. The molecule has 0 atom stereocenters. The molecule has 0 saturated carbocycles. The van der Waals surface area contributed by atoms with E-state index in [-0.39, 0.29) is 17.9 Å². The fraction of sp³-hybridized carbons (Fsp3) is 0.200. The topological polar surface area (TPSA) is 125 Å². The van der Waals surface area contributed by atoms with Gasteiger partial charge in [-0.05, 0) is 30.3 Å². The van der Waals surface area contributed by atoms with Crippen molar-refractivity contribution in [3.8, 4) is 0 Å². The van der Waals surface area contributed by atoms with Gasteiger partial charge < -0.3 is 20.9 Å². The summed E-state index contributed by atoms with van der Waals surface area (Å²) < 4.78 is 0. The number of likely N-dealkylation sites (tertiary alicyclic amines) is 1. The van der Waals surface area contributed by atoms with Crippen LogP contribution in [-0.2, 0) is 4.79 Å². The van der Waals surface area contributed by atoms with Gasteiger partial charge in [0.1, 0.15) is 17.4 Å². The number of benzene rings is 1. The summed E-state index contributed by atoms with van der Waals surface area (Å²) >= 11 is 0. The van der Waals surface area contributed by atoms with Crippen molar-refractivity contribution >= 4 is 40.3 Å². The van der Waals surface area contributed by atoms with Gasteiger partial charge in [-0.3, -0.25) is 9.59 Å². The molecular weight excluding hydrogens is 384 g/mol. The Bertz CT molecular complexity index is 1110. The van der Waals surface area contributed by atoms with E-state index in [4.69, 9.17) is 0 Å². The zero-order valence-corrected chi connectivity index (χ0v) is 16.3. The fourth-order valence-electron chi connectivity index (χ4n) is 3.06. The zero-order valence-electron chi connectivity index (χ0n) is 16.3. The molecule has 1 fully saturated rings. The molecule has 30 heavy (non-hydrogen) atoms. The molecule has 1 saturated heterocycles. The van der Waals surface area contributed by atoms with Gasteiger partial charge >= 0.3 is 0 Å². The Balaban J connectivity index is 1.51. The Morgan fingerprint density at radius 1 is 1.17 bits per heavy atom. The van der Waals surface area contributed by atoms with Gasteiger partial charge in [0.25, 0.3) is 5.91 Å². The number of hydrogen-bond acceptors (Lipinski definition) is 8. The van der Waals surface area contributed by atoms with E-state index in [1.807, 2.05) is 0 Å². The summed E-state index contributed by atoms with van der Waals surface area (Å²) in [7, 11) is 1.59. The molecule has 0 unspecified atom stereocenters. The third-order valence-electron chi connectivity index (χ3n) is 4.72. The van der Waals surface area contributed by atoms with Crippen molar-refractivity contribution < 1.29 is 9.59 Å². The average Bonchev–Trinajstić information content (AvgIpc) is 2.75. The number of hydrogen-bond donors (Lipinski definition) is 3. The maximum absolute atomic E-state index is 11.7. The lowest BCUT2D eigenvalue weighted by molar-refractivity contribution is -0.129. The summed E-state index contributed by atoms with van der Waals surface area (Å²) in [5.74, 6) is 0.720. The van der Waals surface area contributed by atoms with Gasteiger partial charge in [0.15, 0.2) is 5.82 Å². The minimum atomic E-state index is -0.151. The molecule has 1 aromatic carbocycles. The van der Waals surface area contributed by atoms with E-state index >= 15 is 0 Å². The van der Waals surface area contributed by atoms with Crippen molar-refractivity contribution in [1.29, 1.82) is 0 Å². The zero-order chi connectivity index (χ0) is 21.1. The van der Waals surface area contributed by atoms with Crippen molar-refractivity contribution in [2.24, 2.45) is 0 Å². The first-order valence-corrected chi connectivity index (χ1v) is 9.32. The third-order valence-corrected chi connectivity index (χ3v) is 4.72. The van der Waals surface area contributed by atoms with Gasteiger partial charge in [0, 0.05) is 31.4 Å². The molecule has 1 aliphatic heterocycles. The van der Waals surface area contributed by atoms with Crippen molar-refractivity contribution in [2.75, 3.05) is 30.8 Å². The Labute approximate surface area is 172 Å². The molecule has 10 nitrogen and oxygen atoms in total. The lowest BCUT2D eigenvalue weighted by Gasteiger charge is -2.38. The highest BCUT2D eigenvalue weighted by molar-refractivity contribution is 5.94. The summed E-state index contributed by atoms with van der Waals surface area (Å²) in [6, 6.07) is 7.10. The first-order valence-electron chi connectivity index (χ1n) is 9.32. The smallest absolute Gasteiger partial charge is 0.251 e. The molecule has 2 amide bonds. The van der Waals surface area contributed by atoms with Crippen molar-refractivity contribution in [1.82, 2.24) is 30.2 Å². The molecule has 3 N–H and O–H groups in total. The van der Waals surface area contributed by atoms with Crippen LogP contribution in [0.5, 0.6) is 0 Å². The van der Waals surface area contributed by atoms with E-state index in [1.54, 1.807) is 42.4 Å². The van der Waals surface area contributed by atoms with E-state index in [9.17, 15) is 9.59 Å². The molecular formula is C20H20N8O2. The summed E-state index contributed by atoms with van der Waals surface area (Å²) in [6.07, 6.45) is 4.36. The number of amides is 2. The molecule has 152 valence electrons. The number of carbonyl (C=O) groups excluding carboxylic acids is 2. The average molecular weight is 404 g/mol. The van der Waals surface area contributed by atoms with Gasteiger partial charge in [-0.1, -0.05) is 6.58 Å². The van der Waals surface area contributed by atoms with Crippen LogP contribution in [0.15, 0.2) is 49.4 Å². The number of anilines is 3. The normalized spacial score (nSPS) is 13.4. The maximum Gasteiger partial charge on any atom is 0.251 e. The van der Waals surface area contributed by atoms with Crippen LogP contribution in [0, 0.1) is 0 Å². The van der Waals surface area contributed by atoms with E-state index in [2.05, 4.69) is 42.5 Å². The lowest BCUT2D eigenvalue weighted by Crippen LogP contribution is -2.56. The number of rotatable bonds is 6. The second-order valence-electron chi connectivity index (χ2n) is 6.72. The molecule has 0 aliphatic carbocycles. The second kappa shape index (κ2) is 8.11. The first kappa shape index (κ1) is 19.2. The molecule has 2 aromatic heterocycles. The molecule has 0 bridgehead atoms. The highest BCUT2D eigenvalue weighted by Gasteiger charge is 2.29. The van der Waals surface area contributed by atoms with E-state index in [0.29, 0.717) is 41.5 Å². The molecule has 4 rings (SSSR count). The van der Waals surface area contributed by atoms with E-state index < -0.39 is 0 Å². The Hall–Kier alpha value is -4.08. The van der Waals surface area contributed by atoms with Crippen LogP contribution in [0.1, 0.15) is 10.4 Å². The lowest BCUT2D eigenvalue weighted by atomic mass is 10.1. The summed E-state index contributed by atoms with van der Waals surface area (Å²) in [6.45, 7) is 4.63. The van der Waals surface area contributed by atoms with Crippen LogP contribution in [0.25, 0.3) is 11.0 Å². The second-order valence-corrected chi connectivity index (χ2v) is 6.72. The van der Waals surface area contributed by atoms with Gasteiger partial charge in [-0.15, -0.1) is 0 Å². The van der Waals surface area contributed by atoms with Crippen LogP contribution >= 0.6 is 0 Å². The molecule has 0 radical (unpaired) electrons. The van der Waals surface area contributed by atoms with Crippen LogP contribution in [-0.4, -0.2) is 62.8 Å². The van der Waals surface area contributed by atoms with Crippen LogP contribution in [0.3, 0.4) is 0 Å². The summed E-state index contributed by atoms with van der Waals surface area (Å²) in [5, 5.41) is 9.01. The number of nitrogens with one attached hydrogen (secondary N) is 3. The minimum Gasteiger partial charge on any atom is -0.355 e. The Morgan fingerprint density at radius 3 is 2.63 bits per heavy atom. The number of aromatic nitrogens is 4. The van der Waals surface area contributed by atoms with Crippen LogP contribution < -0.4 is 16.0 Å². The molecule has 0 spiro atoms. The third kappa shape index (κ3) is 3.88. The highest BCUT2D eigenvalue weighted by atomic mass is 16.2. The van der Waals surface area contributed by atoms with Crippen molar-refractivity contribution in [3.63, 3.8) is 0 Å². The molecule has 10 heteroatoms. The van der Waals surface area contributed by atoms with Crippen molar-refractivity contribution in [3.05, 3.63) is 55.0 Å². The first-order chi connectivity index (χ1) is 14.6. The van der Waals surface area contributed by atoms with Crippen LogP contribution in [0.2, 0.25) is 0 Å². The number of nitrogens with zero attached hydrogens (tertiary/aromatic N) is 5. The van der Waals surface area contributed by atoms with Gasteiger partial charge in [-0.25, -0.2) is 19.9 Å². The largest absolute Gasteiger partial charge is 0.355 e. The Kier molecular flexibility index (Phi) is 5.21. The predicted octanol–water partition coefficient (Wildman–Crippen LogP) is 1.33. The monoisotopic (exact) mass is 404 g/mol. The molecule has 1 aliphatic rings. The summed E-state index contributed by atoms with van der Waals surface area (Å²) in [4.78, 5) is 42.3. The highest BCUT2D eigenvalue weighted by Crippen LogP contribution is 2.23. The van der Waals surface area contributed by atoms with Crippen LogP contribution in [0.4, 0.5) is 17.5 Å². The fourth-order valence-corrected chi connectivity index (χ4v) is 3.06.